The molecule has 4 heteroatoms. The van der Waals surface area contributed by atoms with Gasteiger partial charge >= 0.3 is 0 Å². The SMILES string of the molecule is NC(CN1CCCCCC1)c1c(F)cccc1F. The summed E-state index contributed by atoms with van der Waals surface area (Å²) in [6.07, 6.45) is 4.76. The number of nitrogens with zero attached hydrogens (tertiary/aromatic N) is 1. The molecule has 100 valence electrons. The van der Waals surface area contributed by atoms with E-state index < -0.39 is 17.7 Å². The second kappa shape index (κ2) is 6.25. The van der Waals surface area contributed by atoms with Crippen LogP contribution >= 0.6 is 0 Å². The molecule has 1 unspecified atom stereocenters. The van der Waals surface area contributed by atoms with E-state index in [2.05, 4.69) is 4.90 Å². The number of hydrogen-bond acceptors (Lipinski definition) is 2. The van der Waals surface area contributed by atoms with Crippen molar-refractivity contribution in [1.29, 1.82) is 0 Å². The molecule has 1 saturated heterocycles. The number of halogens is 2. The van der Waals surface area contributed by atoms with Crippen LogP contribution in [0.4, 0.5) is 8.78 Å². The van der Waals surface area contributed by atoms with Gasteiger partial charge in [0.1, 0.15) is 11.6 Å². The normalized spacial score (nSPS) is 19.5. The Kier molecular flexibility index (Phi) is 4.66. The van der Waals surface area contributed by atoms with Crippen LogP contribution in [-0.2, 0) is 0 Å². The molecule has 1 aromatic carbocycles. The van der Waals surface area contributed by atoms with E-state index in [1.54, 1.807) is 0 Å². The molecular formula is C14H20F2N2. The second-order valence-electron chi connectivity index (χ2n) is 4.96. The molecule has 0 spiro atoms. The minimum atomic E-state index is -0.593. The van der Waals surface area contributed by atoms with Crippen LogP contribution in [0, 0.1) is 11.6 Å². The van der Waals surface area contributed by atoms with Gasteiger partial charge in [0.25, 0.3) is 0 Å². The highest BCUT2D eigenvalue weighted by molar-refractivity contribution is 5.23. The molecule has 1 aliphatic heterocycles. The monoisotopic (exact) mass is 254 g/mol. The number of nitrogens with two attached hydrogens (primary N) is 1. The van der Waals surface area contributed by atoms with Crippen LogP contribution in [0.3, 0.4) is 0 Å². The van der Waals surface area contributed by atoms with Gasteiger partial charge in [-0.05, 0) is 38.1 Å². The summed E-state index contributed by atoms with van der Waals surface area (Å²) in [6, 6.07) is 3.30. The minimum Gasteiger partial charge on any atom is -0.323 e. The van der Waals surface area contributed by atoms with Gasteiger partial charge in [-0.15, -0.1) is 0 Å². The molecule has 1 aromatic rings. The van der Waals surface area contributed by atoms with E-state index in [9.17, 15) is 8.78 Å². The quantitative estimate of drug-likeness (QED) is 0.898. The first-order valence-electron chi connectivity index (χ1n) is 6.60. The molecule has 0 bridgehead atoms. The molecule has 2 N–H and O–H groups in total. The topological polar surface area (TPSA) is 29.3 Å². The maximum absolute atomic E-state index is 13.6. The van der Waals surface area contributed by atoms with Gasteiger partial charge in [0, 0.05) is 18.2 Å². The van der Waals surface area contributed by atoms with E-state index >= 15 is 0 Å². The summed E-state index contributed by atoms with van der Waals surface area (Å²) in [4.78, 5) is 2.21. The van der Waals surface area contributed by atoms with Crippen molar-refractivity contribution in [1.82, 2.24) is 4.90 Å². The molecule has 0 aromatic heterocycles. The van der Waals surface area contributed by atoms with E-state index in [0.717, 1.165) is 25.9 Å². The van der Waals surface area contributed by atoms with Crippen molar-refractivity contribution in [3.05, 3.63) is 35.4 Å². The smallest absolute Gasteiger partial charge is 0.130 e. The lowest BCUT2D eigenvalue weighted by Crippen LogP contribution is -2.33. The fraction of sp³-hybridized carbons (Fsp3) is 0.571. The Hall–Kier alpha value is -1.00. The number of benzene rings is 1. The summed E-state index contributed by atoms with van der Waals surface area (Å²) in [5.41, 5.74) is 5.97. The summed E-state index contributed by atoms with van der Waals surface area (Å²) in [5, 5.41) is 0. The molecule has 1 atom stereocenters. The predicted molar refractivity (Wildman–Crippen MR) is 68.2 cm³/mol. The van der Waals surface area contributed by atoms with E-state index in [0.29, 0.717) is 6.54 Å². The van der Waals surface area contributed by atoms with Crippen molar-refractivity contribution in [2.45, 2.75) is 31.7 Å². The lowest BCUT2D eigenvalue weighted by molar-refractivity contribution is 0.264. The molecule has 0 saturated carbocycles. The summed E-state index contributed by atoms with van der Waals surface area (Å²) in [6.45, 7) is 2.48. The fourth-order valence-electron chi connectivity index (χ4n) is 2.55. The summed E-state index contributed by atoms with van der Waals surface area (Å²) in [5.74, 6) is -1.09. The first-order chi connectivity index (χ1) is 8.68. The van der Waals surface area contributed by atoms with Crippen LogP contribution in [0.1, 0.15) is 37.3 Å². The van der Waals surface area contributed by atoms with Gasteiger partial charge in [-0.1, -0.05) is 18.9 Å². The molecule has 0 aliphatic carbocycles. The Morgan fingerprint density at radius 1 is 1.06 bits per heavy atom. The highest BCUT2D eigenvalue weighted by Gasteiger charge is 2.19. The van der Waals surface area contributed by atoms with Crippen LogP contribution in [0.2, 0.25) is 0 Å². The molecule has 1 heterocycles. The largest absolute Gasteiger partial charge is 0.323 e. The highest BCUT2D eigenvalue weighted by Crippen LogP contribution is 2.21. The van der Waals surface area contributed by atoms with Crippen molar-refractivity contribution >= 4 is 0 Å². The van der Waals surface area contributed by atoms with Gasteiger partial charge in [0.15, 0.2) is 0 Å². The summed E-state index contributed by atoms with van der Waals surface area (Å²) >= 11 is 0. The van der Waals surface area contributed by atoms with E-state index in [1.807, 2.05) is 0 Å². The Bertz CT molecular complexity index is 367. The maximum Gasteiger partial charge on any atom is 0.130 e. The second-order valence-corrected chi connectivity index (χ2v) is 4.96. The standard InChI is InChI=1S/C14H20F2N2/c15-11-6-5-7-12(16)14(11)13(17)10-18-8-3-1-2-4-9-18/h5-7,13H,1-4,8-10,17H2. The third-order valence-electron chi connectivity index (χ3n) is 3.52. The average molecular weight is 254 g/mol. The molecule has 18 heavy (non-hydrogen) atoms. The Balaban J connectivity index is 2.04. The van der Waals surface area contributed by atoms with Gasteiger partial charge in [-0.2, -0.15) is 0 Å². The molecule has 2 rings (SSSR count). The minimum absolute atomic E-state index is 0.0155. The van der Waals surface area contributed by atoms with E-state index in [4.69, 9.17) is 5.73 Å². The number of hydrogen-bond donors (Lipinski definition) is 1. The number of rotatable bonds is 3. The third-order valence-corrected chi connectivity index (χ3v) is 3.52. The Labute approximate surface area is 107 Å². The predicted octanol–water partition coefficient (Wildman–Crippen LogP) is 2.84. The van der Waals surface area contributed by atoms with E-state index in [1.165, 1.54) is 31.0 Å². The van der Waals surface area contributed by atoms with Crippen molar-refractivity contribution in [2.24, 2.45) is 5.73 Å². The molecular weight excluding hydrogens is 234 g/mol. The van der Waals surface area contributed by atoms with Gasteiger partial charge in [-0.3, -0.25) is 0 Å². The maximum atomic E-state index is 13.6. The van der Waals surface area contributed by atoms with Crippen LogP contribution in [-0.4, -0.2) is 24.5 Å². The zero-order chi connectivity index (χ0) is 13.0. The zero-order valence-electron chi connectivity index (χ0n) is 10.5. The van der Waals surface area contributed by atoms with Crippen LogP contribution < -0.4 is 5.73 Å². The van der Waals surface area contributed by atoms with Gasteiger partial charge in [-0.25, -0.2) is 8.78 Å². The first kappa shape index (κ1) is 13.4. The van der Waals surface area contributed by atoms with E-state index in [-0.39, 0.29) is 5.56 Å². The number of likely N-dealkylation sites (tertiary alicyclic amines) is 1. The lowest BCUT2D eigenvalue weighted by Gasteiger charge is -2.24. The molecule has 1 aliphatic rings. The van der Waals surface area contributed by atoms with Crippen molar-refractivity contribution < 1.29 is 8.78 Å². The third kappa shape index (κ3) is 3.27. The Morgan fingerprint density at radius 3 is 2.17 bits per heavy atom. The fourth-order valence-corrected chi connectivity index (χ4v) is 2.55. The van der Waals surface area contributed by atoms with Gasteiger partial charge in [0.2, 0.25) is 0 Å². The summed E-state index contributed by atoms with van der Waals surface area (Å²) < 4.78 is 27.2. The molecule has 0 amide bonds. The lowest BCUT2D eigenvalue weighted by atomic mass is 10.1. The van der Waals surface area contributed by atoms with Crippen molar-refractivity contribution in [3.8, 4) is 0 Å². The molecule has 2 nitrogen and oxygen atoms in total. The van der Waals surface area contributed by atoms with Crippen LogP contribution in [0.5, 0.6) is 0 Å². The summed E-state index contributed by atoms with van der Waals surface area (Å²) in [7, 11) is 0. The van der Waals surface area contributed by atoms with Gasteiger partial charge in [0.05, 0.1) is 0 Å². The van der Waals surface area contributed by atoms with Crippen LogP contribution in [0.15, 0.2) is 18.2 Å². The Morgan fingerprint density at radius 2 is 1.61 bits per heavy atom. The van der Waals surface area contributed by atoms with Crippen molar-refractivity contribution in [3.63, 3.8) is 0 Å². The average Bonchev–Trinajstić information content (AvgIpc) is 2.57. The van der Waals surface area contributed by atoms with Crippen LogP contribution in [0.25, 0.3) is 0 Å². The molecule has 0 radical (unpaired) electrons. The molecule has 1 fully saturated rings. The highest BCUT2D eigenvalue weighted by atomic mass is 19.1. The zero-order valence-corrected chi connectivity index (χ0v) is 10.5. The van der Waals surface area contributed by atoms with Gasteiger partial charge < -0.3 is 10.6 Å². The first-order valence-corrected chi connectivity index (χ1v) is 6.60. The van der Waals surface area contributed by atoms with Crippen molar-refractivity contribution in [2.75, 3.05) is 19.6 Å².